The molecule has 0 aliphatic heterocycles. The second kappa shape index (κ2) is 8.19. The Hall–Kier alpha value is -1.34. The molecule has 0 atom stereocenters. The van der Waals surface area contributed by atoms with Gasteiger partial charge in [-0.05, 0) is 19.1 Å². The molecule has 0 aliphatic carbocycles. The van der Waals surface area contributed by atoms with Crippen molar-refractivity contribution < 1.29 is 22.6 Å². The zero-order valence-electron chi connectivity index (χ0n) is 12.5. The quantitative estimate of drug-likeness (QED) is 0.750. The van der Waals surface area contributed by atoms with E-state index < -0.39 is 12.8 Å². The van der Waals surface area contributed by atoms with Crippen LogP contribution in [0.1, 0.15) is 25.2 Å². The van der Waals surface area contributed by atoms with Crippen molar-refractivity contribution in [1.82, 2.24) is 10.3 Å². The maximum absolute atomic E-state index is 11.9. The van der Waals surface area contributed by atoms with Crippen LogP contribution in [0.15, 0.2) is 12.1 Å². The van der Waals surface area contributed by atoms with Crippen LogP contribution in [0.2, 0.25) is 0 Å². The first-order chi connectivity index (χ1) is 9.78. The molecule has 1 aromatic heterocycles. The van der Waals surface area contributed by atoms with E-state index in [9.17, 15) is 13.2 Å². The van der Waals surface area contributed by atoms with E-state index in [0.29, 0.717) is 18.3 Å². The average molecular weight is 306 g/mol. The lowest BCUT2D eigenvalue weighted by Crippen LogP contribution is -2.23. The van der Waals surface area contributed by atoms with E-state index in [0.717, 1.165) is 11.4 Å². The van der Waals surface area contributed by atoms with E-state index in [4.69, 9.17) is 4.74 Å². The Bertz CT molecular complexity index is 437. The standard InChI is InChI=1S/C14H21F3N2O2/c1-10(2)18-8-12-13(5-4-11(3)19-12)21-7-6-20-9-14(15,16)17/h4-5,10,18H,6-9H2,1-3H3. The minimum atomic E-state index is -4.31. The molecule has 0 spiro atoms. The molecule has 0 saturated heterocycles. The maximum atomic E-state index is 11.9. The van der Waals surface area contributed by atoms with Crippen LogP contribution >= 0.6 is 0 Å². The predicted molar refractivity (Wildman–Crippen MR) is 73.3 cm³/mol. The van der Waals surface area contributed by atoms with Gasteiger partial charge < -0.3 is 14.8 Å². The normalized spacial score (nSPS) is 12.0. The lowest BCUT2D eigenvalue weighted by molar-refractivity contribution is -0.175. The van der Waals surface area contributed by atoms with Crippen molar-refractivity contribution in [3.05, 3.63) is 23.5 Å². The number of nitrogens with one attached hydrogen (secondary N) is 1. The summed E-state index contributed by atoms with van der Waals surface area (Å²) in [5, 5.41) is 3.23. The van der Waals surface area contributed by atoms with Crippen LogP contribution in [0.3, 0.4) is 0 Å². The first-order valence-electron chi connectivity index (χ1n) is 6.75. The van der Waals surface area contributed by atoms with Crippen molar-refractivity contribution in [3.8, 4) is 5.75 Å². The number of rotatable bonds is 8. The van der Waals surface area contributed by atoms with Crippen LogP contribution in [0, 0.1) is 6.92 Å². The molecule has 1 aromatic rings. The molecule has 7 heteroatoms. The molecule has 0 bridgehead atoms. The Morgan fingerprint density at radius 3 is 2.57 bits per heavy atom. The number of nitrogens with zero attached hydrogens (tertiary/aromatic N) is 1. The van der Waals surface area contributed by atoms with E-state index in [1.165, 1.54) is 0 Å². The summed E-state index contributed by atoms with van der Waals surface area (Å²) < 4.78 is 45.7. The van der Waals surface area contributed by atoms with E-state index in [1.807, 2.05) is 20.8 Å². The average Bonchev–Trinajstić information content (AvgIpc) is 2.36. The van der Waals surface area contributed by atoms with Crippen LogP contribution in [0.25, 0.3) is 0 Å². The van der Waals surface area contributed by atoms with E-state index >= 15 is 0 Å². The molecule has 0 radical (unpaired) electrons. The molecule has 21 heavy (non-hydrogen) atoms. The number of hydrogen-bond donors (Lipinski definition) is 1. The SMILES string of the molecule is Cc1ccc(OCCOCC(F)(F)F)c(CNC(C)C)n1. The summed E-state index contributed by atoms with van der Waals surface area (Å²) in [6, 6.07) is 3.86. The number of alkyl halides is 3. The molecular weight excluding hydrogens is 285 g/mol. The Kier molecular flexibility index (Phi) is 6.91. The predicted octanol–water partition coefficient (Wildman–Crippen LogP) is 2.85. The summed E-state index contributed by atoms with van der Waals surface area (Å²) in [7, 11) is 0. The first-order valence-corrected chi connectivity index (χ1v) is 6.75. The lowest BCUT2D eigenvalue weighted by atomic mass is 10.2. The van der Waals surface area contributed by atoms with Gasteiger partial charge in [0.25, 0.3) is 0 Å². The summed E-state index contributed by atoms with van der Waals surface area (Å²) in [4.78, 5) is 4.37. The van der Waals surface area contributed by atoms with E-state index in [1.54, 1.807) is 12.1 Å². The van der Waals surface area contributed by atoms with Gasteiger partial charge in [0.15, 0.2) is 0 Å². The Labute approximate surface area is 122 Å². The van der Waals surface area contributed by atoms with Crippen LogP contribution in [-0.4, -0.2) is 37.0 Å². The third-order valence-electron chi connectivity index (χ3n) is 2.50. The minimum absolute atomic E-state index is 0.0511. The Balaban J connectivity index is 2.46. The highest BCUT2D eigenvalue weighted by molar-refractivity contribution is 5.29. The third-order valence-corrected chi connectivity index (χ3v) is 2.50. The summed E-state index contributed by atoms with van der Waals surface area (Å²) in [6.07, 6.45) is -4.31. The molecule has 1 rings (SSSR count). The van der Waals surface area contributed by atoms with Crippen LogP contribution in [-0.2, 0) is 11.3 Å². The molecule has 1 N–H and O–H groups in total. The first kappa shape index (κ1) is 17.7. The molecule has 0 saturated carbocycles. The smallest absolute Gasteiger partial charge is 0.411 e. The molecule has 0 amide bonds. The second-order valence-corrected chi connectivity index (χ2v) is 4.95. The molecule has 0 unspecified atom stereocenters. The van der Waals surface area contributed by atoms with Gasteiger partial charge in [-0.2, -0.15) is 13.2 Å². The number of ether oxygens (including phenoxy) is 2. The lowest BCUT2D eigenvalue weighted by Gasteiger charge is -2.14. The Morgan fingerprint density at radius 1 is 1.24 bits per heavy atom. The molecule has 0 fully saturated rings. The van der Waals surface area contributed by atoms with Gasteiger partial charge in [0.2, 0.25) is 0 Å². The van der Waals surface area contributed by atoms with Crippen LogP contribution in [0.4, 0.5) is 13.2 Å². The van der Waals surface area contributed by atoms with E-state index in [-0.39, 0.29) is 13.2 Å². The van der Waals surface area contributed by atoms with Gasteiger partial charge >= 0.3 is 6.18 Å². The monoisotopic (exact) mass is 306 g/mol. The van der Waals surface area contributed by atoms with Gasteiger partial charge in [0.05, 0.1) is 12.3 Å². The van der Waals surface area contributed by atoms with Crippen molar-refractivity contribution in [2.45, 2.75) is 39.5 Å². The Morgan fingerprint density at radius 2 is 1.95 bits per heavy atom. The van der Waals surface area contributed by atoms with Gasteiger partial charge in [-0.25, -0.2) is 0 Å². The number of hydrogen-bond acceptors (Lipinski definition) is 4. The highest BCUT2D eigenvalue weighted by atomic mass is 19.4. The molecule has 0 aromatic carbocycles. The fourth-order valence-electron chi connectivity index (χ4n) is 1.56. The van der Waals surface area contributed by atoms with Gasteiger partial charge in [-0.15, -0.1) is 0 Å². The number of aromatic nitrogens is 1. The summed E-state index contributed by atoms with van der Waals surface area (Å²) in [6.45, 7) is 5.11. The van der Waals surface area contributed by atoms with Gasteiger partial charge in [-0.3, -0.25) is 4.98 Å². The molecule has 120 valence electrons. The molecule has 1 heterocycles. The summed E-state index contributed by atoms with van der Waals surface area (Å²) in [5.41, 5.74) is 1.59. The zero-order valence-corrected chi connectivity index (χ0v) is 12.5. The van der Waals surface area contributed by atoms with Gasteiger partial charge in [0.1, 0.15) is 19.0 Å². The fraction of sp³-hybridized carbons (Fsp3) is 0.643. The number of aryl methyl sites for hydroxylation is 1. The molecule has 0 aliphatic rings. The third kappa shape index (κ3) is 7.87. The maximum Gasteiger partial charge on any atom is 0.411 e. The second-order valence-electron chi connectivity index (χ2n) is 4.95. The van der Waals surface area contributed by atoms with Crippen LogP contribution < -0.4 is 10.1 Å². The van der Waals surface area contributed by atoms with Gasteiger partial charge in [-0.1, -0.05) is 13.8 Å². The molecular formula is C14H21F3N2O2. The highest BCUT2D eigenvalue weighted by Gasteiger charge is 2.27. The van der Waals surface area contributed by atoms with E-state index in [2.05, 4.69) is 15.0 Å². The van der Waals surface area contributed by atoms with Crippen molar-refractivity contribution in [2.75, 3.05) is 19.8 Å². The van der Waals surface area contributed by atoms with Crippen molar-refractivity contribution >= 4 is 0 Å². The topological polar surface area (TPSA) is 43.4 Å². The summed E-state index contributed by atoms with van der Waals surface area (Å²) in [5.74, 6) is 0.560. The van der Waals surface area contributed by atoms with Gasteiger partial charge in [0, 0.05) is 18.3 Å². The zero-order chi connectivity index (χ0) is 15.9. The van der Waals surface area contributed by atoms with Crippen molar-refractivity contribution in [1.29, 1.82) is 0 Å². The van der Waals surface area contributed by atoms with Crippen LogP contribution in [0.5, 0.6) is 5.75 Å². The highest BCUT2D eigenvalue weighted by Crippen LogP contribution is 2.17. The number of halogens is 3. The number of pyridine rings is 1. The fourth-order valence-corrected chi connectivity index (χ4v) is 1.56. The van der Waals surface area contributed by atoms with Crippen molar-refractivity contribution in [2.24, 2.45) is 0 Å². The minimum Gasteiger partial charge on any atom is -0.489 e. The molecule has 4 nitrogen and oxygen atoms in total. The summed E-state index contributed by atoms with van der Waals surface area (Å²) >= 11 is 0. The van der Waals surface area contributed by atoms with Crippen molar-refractivity contribution in [3.63, 3.8) is 0 Å². The largest absolute Gasteiger partial charge is 0.489 e.